The van der Waals surface area contributed by atoms with Crippen molar-refractivity contribution in [3.05, 3.63) is 10.6 Å². The van der Waals surface area contributed by atoms with Gasteiger partial charge in [-0.1, -0.05) is 25.2 Å². The molecule has 5 fully saturated rings. The largest absolute Gasteiger partial charge is 0.330 e. The van der Waals surface area contributed by atoms with Gasteiger partial charge < -0.3 is 10.2 Å². The third-order valence-electron chi connectivity index (χ3n) is 8.77. The zero-order valence-corrected chi connectivity index (χ0v) is 19.9. The molecule has 0 spiro atoms. The molecule has 0 aromatic carbocycles. The first kappa shape index (κ1) is 20.8. The molecular formula is C25H33N3O3S. The molecule has 7 rings (SSSR count). The molecule has 4 bridgehead atoms. The number of Topliss-reactive ketones (excluding diaryl/α,β-unsaturated/α-hetero) is 1. The van der Waals surface area contributed by atoms with Crippen molar-refractivity contribution in [1.29, 1.82) is 0 Å². The maximum absolute atomic E-state index is 13.8. The number of nitrogens with zero attached hydrogens (tertiary/aromatic N) is 2. The molecule has 0 unspecified atom stereocenters. The van der Waals surface area contributed by atoms with Crippen molar-refractivity contribution >= 4 is 34.1 Å². The number of rotatable bonds is 3. The molecule has 1 atom stereocenters. The molecule has 1 aromatic heterocycles. The van der Waals surface area contributed by atoms with E-state index in [0.29, 0.717) is 47.1 Å². The molecule has 0 radical (unpaired) electrons. The van der Waals surface area contributed by atoms with Crippen molar-refractivity contribution in [2.75, 3.05) is 11.9 Å². The Morgan fingerprint density at radius 1 is 1.06 bits per heavy atom. The third-order valence-corrected chi connectivity index (χ3v) is 9.83. The number of carbonyl (C=O) groups is 3. The van der Waals surface area contributed by atoms with Gasteiger partial charge in [0.2, 0.25) is 11.8 Å². The van der Waals surface area contributed by atoms with E-state index < -0.39 is 6.04 Å². The molecule has 1 N–H and O–H groups in total. The lowest BCUT2D eigenvalue weighted by Gasteiger charge is -2.56. The van der Waals surface area contributed by atoms with Crippen molar-refractivity contribution in [2.24, 2.45) is 28.6 Å². The van der Waals surface area contributed by atoms with E-state index in [1.807, 2.05) is 4.90 Å². The standard InChI is InChI=1S/C25H33N3O3S/c1-24(2)12-17-20(19(29)13-24)32-23(26-17)27-21(30)18-4-3-5-28(18)22(31)25-9-14-6-15(10-25)8-16(7-14)11-25/h14-16,18H,3-13H2,1-2H3,(H,26,27,30)/t14?,15?,16?,18-,25?/m1/s1. The van der Waals surface area contributed by atoms with Gasteiger partial charge in [0.15, 0.2) is 10.9 Å². The SMILES string of the molecule is CC1(C)CC(=O)c2sc(NC(=O)[C@H]3CCCN3C(=O)C34CC5CC(CC(C5)C3)C4)nc2C1. The second-order valence-electron chi connectivity index (χ2n) is 12.1. The number of thiazole rings is 1. The van der Waals surface area contributed by atoms with E-state index in [1.165, 1.54) is 30.6 Å². The van der Waals surface area contributed by atoms with Gasteiger partial charge in [0.25, 0.3) is 0 Å². The average molecular weight is 456 g/mol. The summed E-state index contributed by atoms with van der Waals surface area (Å²) in [6, 6.07) is -0.413. The van der Waals surface area contributed by atoms with Crippen LogP contribution in [0.1, 0.15) is 87.0 Å². The van der Waals surface area contributed by atoms with Crippen molar-refractivity contribution in [3.63, 3.8) is 0 Å². The van der Waals surface area contributed by atoms with Crippen LogP contribution in [0.25, 0.3) is 0 Å². The number of likely N-dealkylation sites (tertiary alicyclic amines) is 1. The number of aromatic nitrogens is 1. The van der Waals surface area contributed by atoms with Crippen LogP contribution in [0.15, 0.2) is 0 Å². The number of anilines is 1. The maximum atomic E-state index is 13.8. The lowest BCUT2D eigenvalue weighted by atomic mass is 9.49. The molecule has 5 aliphatic carbocycles. The number of hydrogen-bond donors (Lipinski definition) is 1. The Hall–Kier alpha value is -1.76. The quantitative estimate of drug-likeness (QED) is 0.731. The summed E-state index contributed by atoms with van der Waals surface area (Å²) < 4.78 is 0. The van der Waals surface area contributed by atoms with Gasteiger partial charge in [0.1, 0.15) is 6.04 Å². The topological polar surface area (TPSA) is 79.4 Å². The number of ketones is 1. The molecular weight excluding hydrogens is 422 g/mol. The van der Waals surface area contributed by atoms with Gasteiger partial charge in [0.05, 0.1) is 16.0 Å². The van der Waals surface area contributed by atoms with Crippen LogP contribution in [0, 0.1) is 28.6 Å². The third kappa shape index (κ3) is 3.34. The van der Waals surface area contributed by atoms with Crippen LogP contribution in [-0.2, 0) is 16.0 Å². The van der Waals surface area contributed by atoms with Crippen LogP contribution in [0.2, 0.25) is 0 Å². The summed E-state index contributed by atoms with van der Waals surface area (Å²) in [4.78, 5) is 46.8. The second-order valence-corrected chi connectivity index (χ2v) is 13.1. The highest BCUT2D eigenvalue weighted by Gasteiger charge is 2.56. The monoisotopic (exact) mass is 455 g/mol. The van der Waals surface area contributed by atoms with Gasteiger partial charge in [-0.3, -0.25) is 14.4 Å². The van der Waals surface area contributed by atoms with Crippen molar-refractivity contribution < 1.29 is 14.4 Å². The molecule has 6 nitrogen and oxygen atoms in total. The Balaban J connectivity index is 1.19. The minimum atomic E-state index is -0.413. The van der Waals surface area contributed by atoms with Gasteiger partial charge in [-0.15, -0.1) is 0 Å². The van der Waals surface area contributed by atoms with Crippen molar-refractivity contribution in [2.45, 2.75) is 84.1 Å². The molecule has 2 amide bonds. The number of amides is 2. The molecule has 2 heterocycles. The minimum absolute atomic E-state index is 0.0913. The van der Waals surface area contributed by atoms with E-state index in [0.717, 1.165) is 37.8 Å². The summed E-state index contributed by atoms with van der Waals surface area (Å²) in [5.74, 6) is 2.35. The highest BCUT2D eigenvalue weighted by atomic mass is 32.1. The van der Waals surface area contributed by atoms with Gasteiger partial charge in [-0.05, 0) is 81.0 Å². The van der Waals surface area contributed by atoms with Crippen LogP contribution >= 0.6 is 11.3 Å². The maximum Gasteiger partial charge on any atom is 0.248 e. The van der Waals surface area contributed by atoms with E-state index in [-0.39, 0.29) is 28.4 Å². The van der Waals surface area contributed by atoms with Gasteiger partial charge in [0, 0.05) is 13.0 Å². The summed E-state index contributed by atoms with van der Waals surface area (Å²) in [7, 11) is 0. The van der Waals surface area contributed by atoms with E-state index in [9.17, 15) is 14.4 Å². The number of nitrogens with one attached hydrogen (secondary N) is 1. The first-order valence-corrected chi connectivity index (χ1v) is 13.2. The Bertz CT molecular complexity index is 961. The normalized spacial score (nSPS) is 36.9. The summed E-state index contributed by atoms with van der Waals surface area (Å²) in [6.07, 6.45) is 9.85. The Kier molecular flexibility index (Phi) is 4.63. The highest BCUT2D eigenvalue weighted by molar-refractivity contribution is 7.17. The number of fused-ring (bicyclic) bond motifs is 1. The molecule has 1 aliphatic heterocycles. The highest BCUT2D eigenvalue weighted by Crippen LogP contribution is 2.60. The molecule has 4 saturated carbocycles. The van der Waals surface area contributed by atoms with Gasteiger partial charge >= 0.3 is 0 Å². The molecule has 7 heteroatoms. The predicted octanol–water partition coefficient (Wildman–Crippen LogP) is 4.44. The van der Waals surface area contributed by atoms with Crippen LogP contribution in [-0.4, -0.2) is 40.1 Å². The Morgan fingerprint density at radius 3 is 2.38 bits per heavy atom. The van der Waals surface area contributed by atoms with Gasteiger partial charge in [-0.25, -0.2) is 4.98 Å². The van der Waals surface area contributed by atoms with Crippen LogP contribution in [0.5, 0.6) is 0 Å². The minimum Gasteiger partial charge on any atom is -0.330 e. The fourth-order valence-corrected chi connectivity index (χ4v) is 8.84. The second kappa shape index (κ2) is 7.12. The average Bonchev–Trinajstić information content (AvgIpc) is 3.32. The molecule has 32 heavy (non-hydrogen) atoms. The Morgan fingerprint density at radius 2 is 1.72 bits per heavy atom. The van der Waals surface area contributed by atoms with E-state index in [2.05, 4.69) is 24.1 Å². The number of carbonyl (C=O) groups excluding carboxylic acids is 3. The predicted molar refractivity (Wildman–Crippen MR) is 123 cm³/mol. The lowest BCUT2D eigenvalue weighted by Crippen LogP contribution is -2.56. The van der Waals surface area contributed by atoms with Gasteiger partial charge in [-0.2, -0.15) is 0 Å². The Labute approximate surface area is 193 Å². The van der Waals surface area contributed by atoms with E-state index in [1.54, 1.807) is 0 Å². The zero-order chi connectivity index (χ0) is 22.3. The van der Waals surface area contributed by atoms with Crippen molar-refractivity contribution in [3.8, 4) is 0 Å². The lowest BCUT2D eigenvalue weighted by molar-refractivity contribution is -0.160. The molecule has 172 valence electrons. The van der Waals surface area contributed by atoms with Crippen LogP contribution in [0.4, 0.5) is 5.13 Å². The number of hydrogen-bond acceptors (Lipinski definition) is 5. The van der Waals surface area contributed by atoms with Crippen LogP contribution in [0.3, 0.4) is 0 Å². The summed E-state index contributed by atoms with van der Waals surface area (Å²) in [6.45, 7) is 4.84. The summed E-state index contributed by atoms with van der Waals surface area (Å²) in [5.41, 5.74) is 0.501. The summed E-state index contributed by atoms with van der Waals surface area (Å²) in [5, 5.41) is 3.47. The summed E-state index contributed by atoms with van der Waals surface area (Å²) >= 11 is 1.29. The fourth-order valence-electron chi connectivity index (χ4n) is 7.92. The van der Waals surface area contributed by atoms with Crippen LogP contribution < -0.4 is 5.32 Å². The fraction of sp³-hybridized carbons (Fsp3) is 0.760. The van der Waals surface area contributed by atoms with E-state index in [4.69, 9.17) is 0 Å². The van der Waals surface area contributed by atoms with Crippen molar-refractivity contribution in [1.82, 2.24) is 9.88 Å². The molecule has 6 aliphatic rings. The first-order valence-electron chi connectivity index (χ1n) is 12.4. The molecule has 1 aromatic rings. The zero-order valence-electron chi connectivity index (χ0n) is 19.1. The first-order chi connectivity index (χ1) is 15.2. The van der Waals surface area contributed by atoms with E-state index >= 15 is 0 Å². The molecule has 1 saturated heterocycles. The smallest absolute Gasteiger partial charge is 0.248 e.